The fraction of sp³-hybridized carbons (Fsp3) is 0.346. The van der Waals surface area contributed by atoms with Crippen molar-refractivity contribution in [2.75, 3.05) is 23.8 Å². The quantitative estimate of drug-likeness (QED) is 0.419. The summed E-state index contributed by atoms with van der Waals surface area (Å²) in [6.45, 7) is 8.15. The van der Waals surface area contributed by atoms with Crippen LogP contribution in [0.3, 0.4) is 0 Å². The van der Waals surface area contributed by atoms with Crippen molar-refractivity contribution in [3.8, 4) is 0 Å². The van der Waals surface area contributed by atoms with E-state index < -0.39 is 0 Å². The van der Waals surface area contributed by atoms with E-state index in [1.54, 1.807) is 24.3 Å². The van der Waals surface area contributed by atoms with Gasteiger partial charge in [0.25, 0.3) is 11.8 Å². The van der Waals surface area contributed by atoms with Gasteiger partial charge in [0.1, 0.15) is 5.70 Å². The van der Waals surface area contributed by atoms with Crippen LogP contribution in [0.25, 0.3) is 5.57 Å². The highest BCUT2D eigenvalue weighted by molar-refractivity contribution is 6.36. The molecule has 0 atom stereocenters. The van der Waals surface area contributed by atoms with Gasteiger partial charge in [-0.05, 0) is 62.1 Å². The molecule has 0 unspecified atom stereocenters. The Morgan fingerprint density at radius 1 is 0.970 bits per heavy atom. The maximum atomic E-state index is 13.3. The fourth-order valence-corrected chi connectivity index (χ4v) is 3.60. The van der Waals surface area contributed by atoms with Gasteiger partial charge in [0, 0.05) is 31.5 Å². The zero-order chi connectivity index (χ0) is 24.0. The van der Waals surface area contributed by atoms with E-state index in [4.69, 9.17) is 4.74 Å². The molecule has 3 rings (SSSR count). The number of nitrogens with zero attached hydrogens (tertiary/aromatic N) is 1. The Bertz CT molecular complexity index is 1040. The lowest BCUT2D eigenvalue weighted by molar-refractivity contribution is -0.137. The minimum Gasteiger partial charge on any atom is -0.379 e. The van der Waals surface area contributed by atoms with Gasteiger partial charge in [-0.3, -0.25) is 19.3 Å². The van der Waals surface area contributed by atoms with Crippen LogP contribution in [0.5, 0.6) is 0 Å². The van der Waals surface area contributed by atoms with Crippen LogP contribution in [0, 0.1) is 0 Å². The number of hydrogen-bond donors (Lipinski definition) is 2. The van der Waals surface area contributed by atoms with E-state index >= 15 is 0 Å². The Morgan fingerprint density at radius 3 is 2.18 bits per heavy atom. The Kier molecular flexibility index (Phi) is 8.01. The van der Waals surface area contributed by atoms with Crippen molar-refractivity contribution in [2.24, 2.45) is 0 Å². The molecule has 33 heavy (non-hydrogen) atoms. The largest absolute Gasteiger partial charge is 0.379 e. The van der Waals surface area contributed by atoms with Crippen LogP contribution in [0.15, 0.2) is 54.2 Å². The number of carbonyl (C=O) groups is 3. The number of rotatable bonds is 10. The van der Waals surface area contributed by atoms with Gasteiger partial charge < -0.3 is 15.4 Å². The van der Waals surface area contributed by atoms with Crippen molar-refractivity contribution in [3.63, 3.8) is 0 Å². The van der Waals surface area contributed by atoms with Gasteiger partial charge in [0.2, 0.25) is 5.91 Å². The first-order valence-electron chi connectivity index (χ1n) is 11.3. The van der Waals surface area contributed by atoms with E-state index in [-0.39, 0.29) is 36.1 Å². The maximum absolute atomic E-state index is 13.3. The third kappa shape index (κ3) is 6.08. The summed E-state index contributed by atoms with van der Waals surface area (Å²) in [5, 5.41) is 5.88. The average molecular weight is 450 g/mol. The zero-order valence-electron chi connectivity index (χ0n) is 19.6. The Hall–Kier alpha value is -3.45. The van der Waals surface area contributed by atoms with Crippen LogP contribution in [0.2, 0.25) is 0 Å². The summed E-state index contributed by atoms with van der Waals surface area (Å²) >= 11 is 0. The van der Waals surface area contributed by atoms with Gasteiger partial charge in [0.05, 0.1) is 11.7 Å². The predicted octanol–water partition coefficient (Wildman–Crippen LogP) is 4.21. The third-order valence-corrected chi connectivity index (χ3v) is 5.27. The van der Waals surface area contributed by atoms with Crippen LogP contribution >= 0.6 is 0 Å². The molecule has 0 spiro atoms. The number of nitrogens with one attached hydrogen (secondary N) is 2. The van der Waals surface area contributed by atoms with Gasteiger partial charge in [0.15, 0.2) is 0 Å². The van der Waals surface area contributed by atoms with Crippen LogP contribution in [0.4, 0.5) is 11.4 Å². The molecule has 2 aromatic rings. The lowest BCUT2D eigenvalue weighted by Gasteiger charge is -2.16. The number of carbonyl (C=O) groups excluding carboxylic acids is 3. The van der Waals surface area contributed by atoms with Gasteiger partial charge in [-0.2, -0.15) is 0 Å². The number of anilines is 2. The average Bonchev–Trinajstić information content (AvgIpc) is 3.01. The fourth-order valence-electron chi connectivity index (χ4n) is 3.60. The van der Waals surface area contributed by atoms with Crippen molar-refractivity contribution in [1.82, 2.24) is 4.90 Å². The number of benzene rings is 2. The van der Waals surface area contributed by atoms with Crippen molar-refractivity contribution < 1.29 is 19.1 Å². The lowest BCUT2D eigenvalue weighted by atomic mass is 10.0. The van der Waals surface area contributed by atoms with Gasteiger partial charge >= 0.3 is 0 Å². The molecule has 0 aliphatic carbocycles. The summed E-state index contributed by atoms with van der Waals surface area (Å²) in [6, 6.07) is 14.7. The SMILES string of the molecule is CCc1ccc(NC2=C(c3ccc(NC(C)=O)cc3)C(=O)N(CCCOC(C)C)C2=O)cc1. The molecule has 174 valence electrons. The molecule has 2 aromatic carbocycles. The Labute approximate surface area is 194 Å². The molecule has 0 radical (unpaired) electrons. The van der Waals surface area contributed by atoms with Crippen LogP contribution in [0.1, 0.15) is 45.2 Å². The smallest absolute Gasteiger partial charge is 0.278 e. The van der Waals surface area contributed by atoms with E-state index in [1.165, 1.54) is 17.4 Å². The van der Waals surface area contributed by atoms with Crippen molar-refractivity contribution >= 4 is 34.7 Å². The van der Waals surface area contributed by atoms with Crippen molar-refractivity contribution in [2.45, 2.75) is 46.6 Å². The van der Waals surface area contributed by atoms with Crippen LogP contribution in [-0.4, -0.2) is 41.9 Å². The summed E-state index contributed by atoms with van der Waals surface area (Å²) in [5.41, 5.74) is 3.72. The summed E-state index contributed by atoms with van der Waals surface area (Å²) in [4.78, 5) is 39.1. The molecule has 1 aliphatic heterocycles. The van der Waals surface area contributed by atoms with Gasteiger partial charge in [-0.1, -0.05) is 31.2 Å². The van der Waals surface area contributed by atoms with Gasteiger partial charge in [-0.15, -0.1) is 0 Å². The van der Waals surface area contributed by atoms with Gasteiger partial charge in [-0.25, -0.2) is 0 Å². The number of hydrogen-bond acceptors (Lipinski definition) is 5. The molecular weight excluding hydrogens is 418 g/mol. The highest BCUT2D eigenvalue weighted by Gasteiger charge is 2.38. The standard InChI is InChI=1S/C26H31N3O4/c1-5-19-7-11-22(12-8-19)28-24-23(20-9-13-21(14-10-20)27-18(4)30)25(31)29(26(24)32)15-6-16-33-17(2)3/h7-14,17,28H,5-6,15-16H2,1-4H3,(H,27,30). The van der Waals surface area contributed by atoms with E-state index in [0.717, 1.165) is 12.1 Å². The van der Waals surface area contributed by atoms with E-state index in [1.807, 2.05) is 38.1 Å². The molecular formula is C26H31N3O4. The Balaban J connectivity index is 1.89. The van der Waals surface area contributed by atoms with Crippen LogP contribution < -0.4 is 10.6 Å². The molecule has 3 amide bonds. The minimum atomic E-state index is -0.356. The molecule has 0 saturated heterocycles. The normalized spacial score (nSPS) is 13.8. The third-order valence-electron chi connectivity index (χ3n) is 5.27. The molecule has 0 bridgehead atoms. The molecule has 0 saturated carbocycles. The van der Waals surface area contributed by atoms with E-state index in [2.05, 4.69) is 17.6 Å². The number of imide groups is 1. The Morgan fingerprint density at radius 2 is 1.61 bits per heavy atom. The first-order valence-corrected chi connectivity index (χ1v) is 11.3. The second-order valence-corrected chi connectivity index (χ2v) is 8.22. The molecule has 7 heteroatoms. The molecule has 7 nitrogen and oxygen atoms in total. The minimum absolute atomic E-state index is 0.0918. The first-order chi connectivity index (χ1) is 15.8. The van der Waals surface area contributed by atoms with Crippen LogP contribution in [-0.2, 0) is 25.5 Å². The zero-order valence-corrected chi connectivity index (χ0v) is 19.6. The molecule has 0 fully saturated rings. The molecule has 0 aromatic heterocycles. The first kappa shape index (κ1) is 24.2. The summed E-state index contributed by atoms with van der Waals surface area (Å²) in [5.74, 6) is -0.878. The number of ether oxygens (including phenoxy) is 1. The van der Waals surface area contributed by atoms with E-state index in [9.17, 15) is 14.4 Å². The maximum Gasteiger partial charge on any atom is 0.278 e. The summed E-state index contributed by atoms with van der Waals surface area (Å²) in [6.07, 6.45) is 1.57. The molecule has 1 heterocycles. The van der Waals surface area contributed by atoms with Crippen molar-refractivity contribution in [1.29, 1.82) is 0 Å². The number of amides is 3. The molecule has 1 aliphatic rings. The monoisotopic (exact) mass is 449 g/mol. The number of aryl methyl sites for hydroxylation is 1. The summed E-state index contributed by atoms with van der Waals surface area (Å²) in [7, 11) is 0. The van der Waals surface area contributed by atoms with E-state index in [0.29, 0.717) is 29.9 Å². The second-order valence-electron chi connectivity index (χ2n) is 8.22. The predicted molar refractivity (Wildman–Crippen MR) is 130 cm³/mol. The lowest BCUT2D eigenvalue weighted by Crippen LogP contribution is -2.34. The highest BCUT2D eigenvalue weighted by atomic mass is 16.5. The second kappa shape index (κ2) is 10.9. The van der Waals surface area contributed by atoms with Crippen molar-refractivity contribution in [3.05, 3.63) is 65.4 Å². The molecule has 2 N–H and O–H groups in total. The highest BCUT2D eigenvalue weighted by Crippen LogP contribution is 2.31. The summed E-state index contributed by atoms with van der Waals surface area (Å²) < 4.78 is 5.56. The topological polar surface area (TPSA) is 87.7 Å².